The van der Waals surface area contributed by atoms with Gasteiger partial charge in [0.05, 0.1) is 0 Å². The van der Waals surface area contributed by atoms with Crippen molar-refractivity contribution in [1.82, 2.24) is 0 Å². The molecule has 0 bridgehead atoms. The number of rotatable bonds is 0. The molecule has 0 aliphatic heterocycles. The molecular formula is C16H23Cl2OTi-. The summed E-state index contributed by atoms with van der Waals surface area (Å²) in [5, 5.41) is 8.63. The monoisotopic (exact) mass is 349 g/mol. The molecule has 0 fully saturated rings. The molecule has 0 atom stereocenters. The third-order valence-electron chi connectivity index (χ3n) is 3.32. The van der Waals surface area contributed by atoms with Gasteiger partial charge in [0, 0.05) is 21.7 Å². The fraction of sp³-hybridized carbons (Fsp3) is 0.375. The molecule has 0 spiro atoms. The van der Waals surface area contributed by atoms with Crippen molar-refractivity contribution in [2.24, 2.45) is 5.41 Å². The van der Waals surface area contributed by atoms with Gasteiger partial charge in [-0.2, -0.15) is 11.1 Å². The Morgan fingerprint density at radius 2 is 1.40 bits per heavy atom. The van der Waals surface area contributed by atoms with E-state index in [1.807, 2.05) is 6.07 Å². The number of aromatic hydroxyl groups is 1. The van der Waals surface area contributed by atoms with E-state index < -0.39 is 0 Å². The predicted octanol–water partition coefficient (Wildman–Crippen LogP) is 5.35. The third-order valence-corrected chi connectivity index (χ3v) is 3.32. The van der Waals surface area contributed by atoms with Crippen molar-refractivity contribution in [2.75, 3.05) is 0 Å². The van der Waals surface area contributed by atoms with E-state index in [1.165, 1.54) is 16.7 Å². The first kappa shape index (κ1) is 24.8. The van der Waals surface area contributed by atoms with Crippen molar-refractivity contribution in [3.05, 3.63) is 53.1 Å². The van der Waals surface area contributed by atoms with Crippen LogP contribution >= 0.6 is 24.8 Å². The van der Waals surface area contributed by atoms with Crippen LogP contribution in [0.3, 0.4) is 0 Å². The smallest absolute Gasteiger partial charge is 0.115 e. The van der Waals surface area contributed by atoms with Crippen LogP contribution in [0.25, 0.3) is 0 Å². The van der Waals surface area contributed by atoms with Crippen LogP contribution in [0.2, 0.25) is 0 Å². The van der Waals surface area contributed by atoms with Crippen LogP contribution in [0.5, 0.6) is 5.75 Å². The number of halogens is 2. The molecule has 0 radical (unpaired) electrons. The topological polar surface area (TPSA) is 20.2 Å². The van der Waals surface area contributed by atoms with Crippen molar-refractivity contribution >= 4 is 24.8 Å². The van der Waals surface area contributed by atoms with E-state index in [9.17, 15) is 0 Å². The van der Waals surface area contributed by atoms with Gasteiger partial charge in [-0.3, -0.25) is 6.08 Å². The molecule has 1 aliphatic carbocycles. The van der Waals surface area contributed by atoms with E-state index in [2.05, 4.69) is 40.7 Å². The van der Waals surface area contributed by atoms with Crippen LogP contribution in [0.1, 0.15) is 34.6 Å². The minimum atomic E-state index is 0. The first-order valence-corrected chi connectivity index (χ1v) is 5.88. The van der Waals surface area contributed by atoms with Crippen LogP contribution in [-0.4, -0.2) is 5.11 Å². The quantitative estimate of drug-likeness (QED) is 0.494. The number of benzene rings is 1. The molecule has 1 aliphatic rings. The predicted molar refractivity (Wildman–Crippen MR) is 87.2 cm³/mol. The van der Waals surface area contributed by atoms with Crippen molar-refractivity contribution in [1.29, 1.82) is 0 Å². The molecule has 0 heterocycles. The van der Waals surface area contributed by atoms with Crippen LogP contribution < -0.4 is 0 Å². The number of phenolic OH excluding ortho intramolecular Hbond substituents is 1. The van der Waals surface area contributed by atoms with E-state index >= 15 is 0 Å². The molecule has 0 amide bonds. The van der Waals surface area contributed by atoms with E-state index in [-0.39, 0.29) is 51.9 Å². The Balaban J connectivity index is -0.000000262. The van der Waals surface area contributed by atoms with Gasteiger partial charge >= 0.3 is 0 Å². The molecule has 4 heteroatoms. The van der Waals surface area contributed by atoms with Crippen LogP contribution in [0, 0.1) is 11.5 Å². The molecule has 0 saturated carbocycles. The van der Waals surface area contributed by atoms with E-state index in [1.54, 1.807) is 24.3 Å². The van der Waals surface area contributed by atoms with Gasteiger partial charge in [-0.15, -0.1) is 31.7 Å². The summed E-state index contributed by atoms with van der Waals surface area (Å²) in [6, 6.07) is 8.71. The van der Waals surface area contributed by atoms with Crippen LogP contribution in [0.4, 0.5) is 0 Å². The summed E-state index contributed by atoms with van der Waals surface area (Å²) in [5.74, 6) is 0.322. The van der Waals surface area contributed by atoms with Crippen LogP contribution in [0.15, 0.2) is 47.1 Å². The molecule has 1 N–H and O–H groups in total. The Hall–Kier alpha value is -0.206. The number of hydrogen-bond donors (Lipinski definition) is 1. The van der Waals surface area contributed by atoms with Crippen LogP contribution in [-0.2, 0) is 21.7 Å². The maximum absolute atomic E-state index is 8.63. The Labute approximate surface area is 150 Å². The zero-order chi connectivity index (χ0) is 13.1. The molecule has 112 valence electrons. The summed E-state index contributed by atoms with van der Waals surface area (Å²) in [4.78, 5) is 0. The second kappa shape index (κ2) is 10.5. The summed E-state index contributed by atoms with van der Waals surface area (Å²) in [6.45, 7) is 10.9. The molecule has 20 heavy (non-hydrogen) atoms. The third kappa shape index (κ3) is 6.99. The van der Waals surface area contributed by atoms with Gasteiger partial charge in [-0.05, 0) is 12.1 Å². The Morgan fingerprint density at radius 3 is 1.55 bits per heavy atom. The standard InChI is InChI=1S/C10H15.C6H6O.2ClH.Ti/c1-7-6-10(4,5)9(3)8(7)2;7-6-4-2-1-3-5-6;;;/h1-5H3;1-5,7H;2*1H;/q-1;;;;. The van der Waals surface area contributed by atoms with E-state index in [0.717, 1.165) is 0 Å². The molecule has 0 aromatic heterocycles. The normalized spacial score (nSPS) is 14.8. The first-order valence-electron chi connectivity index (χ1n) is 5.88. The molecule has 1 aromatic carbocycles. The van der Waals surface area contributed by atoms with Gasteiger partial charge < -0.3 is 5.11 Å². The fourth-order valence-electron chi connectivity index (χ4n) is 1.83. The largest absolute Gasteiger partial charge is 0.508 e. The molecule has 1 nitrogen and oxygen atoms in total. The minimum Gasteiger partial charge on any atom is -0.508 e. The van der Waals surface area contributed by atoms with Gasteiger partial charge in [-0.1, -0.05) is 51.3 Å². The molecule has 0 saturated heterocycles. The Bertz CT molecular complexity index is 451. The summed E-state index contributed by atoms with van der Waals surface area (Å²) in [5.41, 5.74) is 4.39. The van der Waals surface area contributed by atoms with Gasteiger partial charge in [0.2, 0.25) is 0 Å². The Kier molecular flexibility index (Phi) is 13.0. The van der Waals surface area contributed by atoms with Crippen molar-refractivity contribution in [3.8, 4) is 5.75 Å². The zero-order valence-corrected chi connectivity index (χ0v) is 15.8. The molecular weight excluding hydrogens is 327 g/mol. The van der Waals surface area contributed by atoms with Gasteiger partial charge in [-0.25, -0.2) is 5.57 Å². The van der Waals surface area contributed by atoms with Gasteiger partial charge in [0.1, 0.15) is 5.75 Å². The van der Waals surface area contributed by atoms with Gasteiger partial charge in [0.15, 0.2) is 0 Å². The summed E-state index contributed by atoms with van der Waals surface area (Å²) >= 11 is 0. The van der Waals surface area contributed by atoms with Crippen molar-refractivity contribution < 1.29 is 26.8 Å². The number of allylic oxidation sites excluding steroid dienone is 4. The fourth-order valence-corrected chi connectivity index (χ4v) is 1.83. The maximum atomic E-state index is 8.63. The second-order valence-electron chi connectivity index (χ2n) is 4.96. The average Bonchev–Trinajstić information content (AvgIpc) is 2.44. The summed E-state index contributed by atoms with van der Waals surface area (Å²) in [7, 11) is 0. The molecule has 1 aromatic rings. The zero-order valence-electron chi connectivity index (χ0n) is 12.7. The summed E-state index contributed by atoms with van der Waals surface area (Å²) in [6.07, 6.45) is 3.44. The molecule has 0 unspecified atom stereocenters. The maximum Gasteiger partial charge on any atom is 0.115 e. The minimum absolute atomic E-state index is 0. The number of para-hydroxylation sites is 1. The number of phenols is 1. The van der Waals surface area contributed by atoms with Crippen molar-refractivity contribution in [2.45, 2.75) is 34.6 Å². The SMILES string of the molecule is CC1=[C-]C(C)(C)C(C)=C1C.Cl.Cl.Oc1ccccc1.[Ti]. The first-order chi connectivity index (χ1) is 7.84. The second-order valence-corrected chi connectivity index (χ2v) is 4.96. The van der Waals surface area contributed by atoms with E-state index in [0.29, 0.717) is 5.75 Å². The van der Waals surface area contributed by atoms with Crippen molar-refractivity contribution in [3.63, 3.8) is 0 Å². The number of hydrogen-bond acceptors (Lipinski definition) is 1. The average molecular weight is 350 g/mol. The Morgan fingerprint density at radius 1 is 0.950 bits per heavy atom. The molecule has 2 rings (SSSR count). The van der Waals surface area contributed by atoms with E-state index in [4.69, 9.17) is 5.11 Å². The summed E-state index contributed by atoms with van der Waals surface area (Å²) < 4.78 is 0. The van der Waals surface area contributed by atoms with Gasteiger partial charge in [0.25, 0.3) is 0 Å².